The first kappa shape index (κ1) is 13.5. The van der Waals surface area contributed by atoms with Crippen LogP contribution in [0.4, 0.5) is 0 Å². The third-order valence-electron chi connectivity index (χ3n) is 3.51. The minimum Gasteiger partial charge on any atom is -0.298 e. The summed E-state index contributed by atoms with van der Waals surface area (Å²) in [5.74, 6) is -0.137. The summed E-state index contributed by atoms with van der Waals surface area (Å²) in [6.45, 7) is 4.41. The molecule has 3 nitrogen and oxygen atoms in total. The molecule has 16 heavy (non-hydrogen) atoms. The summed E-state index contributed by atoms with van der Waals surface area (Å²) in [7, 11) is 0. The van der Waals surface area contributed by atoms with Crippen molar-refractivity contribution in [2.24, 2.45) is 5.41 Å². The predicted octanol–water partition coefficient (Wildman–Crippen LogP) is 3.62. The Hall–Kier alpha value is -0.570. The van der Waals surface area contributed by atoms with Crippen LogP contribution >= 0.6 is 0 Å². The van der Waals surface area contributed by atoms with Gasteiger partial charge in [0.15, 0.2) is 0 Å². The van der Waals surface area contributed by atoms with Crippen LogP contribution in [0.2, 0.25) is 0 Å². The minimum absolute atomic E-state index is 0.137. The maximum atomic E-state index is 12.0. The molecular weight excluding hydrogens is 204 g/mol. The zero-order valence-corrected chi connectivity index (χ0v) is 10.6. The van der Waals surface area contributed by atoms with Crippen LogP contribution in [-0.4, -0.2) is 12.6 Å². The Kier molecular flexibility index (Phi) is 5.81. The fourth-order valence-corrected chi connectivity index (χ4v) is 2.50. The highest BCUT2D eigenvalue weighted by molar-refractivity contribution is 5.76. The van der Waals surface area contributed by atoms with Crippen LogP contribution in [0.3, 0.4) is 0 Å². The van der Waals surface area contributed by atoms with E-state index in [0.29, 0.717) is 6.61 Å². The van der Waals surface area contributed by atoms with Gasteiger partial charge in [-0.1, -0.05) is 39.0 Å². The SMILES string of the molecule is CCCCC1(C(=O)OOCC)CCCCC1. The minimum atomic E-state index is -0.247. The first-order valence-electron chi connectivity index (χ1n) is 6.59. The van der Waals surface area contributed by atoms with Crippen molar-refractivity contribution in [3.05, 3.63) is 0 Å². The standard InChI is InChI=1S/C13H24O3/c1-3-5-9-13(10-7-6-8-11-13)12(14)16-15-4-2/h3-11H2,1-2H3. The Morgan fingerprint density at radius 1 is 1.19 bits per heavy atom. The number of carbonyl (C=O) groups is 1. The average molecular weight is 228 g/mol. The van der Waals surface area contributed by atoms with E-state index in [1.165, 1.54) is 6.42 Å². The molecule has 0 bridgehead atoms. The number of hydrogen-bond acceptors (Lipinski definition) is 3. The van der Waals surface area contributed by atoms with Gasteiger partial charge in [-0.05, 0) is 26.2 Å². The largest absolute Gasteiger partial charge is 0.348 e. The van der Waals surface area contributed by atoms with Crippen molar-refractivity contribution in [1.29, 1.82) is 0 Å². The molecule has 0 aromatic rings. The zero-order valence-electron chi connectivity index (χ0n) is 10.6. The molecule has 0 heterocycles. The van der Waals surface area contributed by atoms with Crippen molar-refractivity contribution < 1.29 is 14.6 Å². The summed E-state index contributed by atoms with van der Waals surface area (Å²) in [4.78, 5) is 21.7. The molecule has 0 aromatic heterocycles. The lowest BCUT2D eigenvalue weighted by molar-refractivity contribution is -0.280. The predicted molar refractivity (Wildman–Crippen MR) is 62.8 cm³/mol. The van der Waals surface area contributed by atoms with Crippen LogP contribution in [0.5, 0.6) is 0 Å². The third-order valence-corrected chi connectivity index (χ3v) is 3.51. The van der Waals surface area contributed by atoms with Gasteiger partial charge in [0.1, 0.15) is 0 Å². The van der Waals surface area contributed by atoms with Crippen LogP contribution in [0.1, 0.15) is 65.2 Å². The quantitative estimate of drug-likeness (QED) is 0.514. The van der Waals surface area contributed by atoms with Gasteiger partial charge >= 0.3 is 5.97 Å². The van der Waals surface area contributed by atoms with Crippen LogP contribution in [0, 0.1) is 5.41 Å². The molecule has 1 saturated carbocycles. The molecule has 0 N–H and O–H groups in total. The number of unbranched alkanes of at least 4 members (excludes halogenated alkanes) is 1. The van der Waals surface area contributed by atoms with Gasteiger partial charge in [0.25, 0.3) is 0 Å². The van der Waals surface area contributed by atoms with Crippen molar-refractivity contribution >= 4 is 5.97 Å². The molecule has 0 aliphatic heterocycles. The second-order valence-corrected chi connectivity index (χ2v) is 4.72. The molecule has 0 unspecified atom stereocenters. The van der Waals surface area contributed by atoms with E-state index in [0.717, 1.165) is 44.9 Å². The van der Waals surface area contributed by atoms with Crippen molar-refractivity contribution in [2.45, 2.75) is 65.2 Å². The average Bonchev–Trinajstić information content (AvgIpc) is 2.34. The smallest absolute Gasteiger partial charge is 0.298 e. The molecule has 0 saturated heterocycles. The Morgan fingerprint density at radius 2 is 1.88 bits per heavy atom. The maximum Gasteiger partial charge on any atom is 0.348 e. The van der Waals surface area contributed by atoms with E-state index in [1.807, 2.05) is 6.92 Å². The summed E-state index contributed by atoms with van der Waals surface area (Å²) < 4.78 is 0. The molecule has 94 valence electrons. The van der Waals surface area contributed by atoms with Gasteiger partial charge < -0.3 is 0 Å². The molecule has 0 spiro atoms. The van der Waals surface area contributed by atoms with E-state index in [1.54, 1.807) is 0 Å². The van der Waals surface area contributed by atoms with E-state index in [2.05, 4.69) is 6.92 Å². The van der Waals surface area contributed by atoms with Gasteiger partial charge in [-0.2, -0.15) is 4.89 Å². The lowest BCUT2D eigenvalue weighted by atomic mass is 9.71. The second kappa shape index (κ2) is 6.89. The molecule has 0 amide bonds. The van der Waals surface area contributed by atoms with Crippen molar-refractivity contribution in [3.8, 4) is 0 Å². The Morgan fingerprint density at radius 3 is 2.44 bits per heavy atom. The van der Waals surface area contributed by atoms with E-state index < -0.39 is 0 Å². The normalized spacial score (nSPS) is 19.4. The fourth-order valence-electron chi connectivity index (χ4n) is 2.50. The number of rotatable bonds is 6. The van der Waals surface area contributed by atoms with Gasteiger partial charge in [0.05, 0.1) is 12.0 Å². The van der Waals surface area contributed by atoms with Crippen molar-refractivity contribution in [1.82, 2.24) is 0 Å². The number of carbonyl (C=O) groups excluding carboxylic acids is 1. The van der Waals surface area contributed by atoms with Gasteiger partial charge in [-0.25, -0.2) is 4.79 Å². The lowest BCUT2D eigenvalue weighted by Crippen LogP contribution is -2.35. The van der Waals surface area contributed by atoms with E-state index in [9.17, 15) is 4.79 Å². The molecular formula is C13H24O3. The molecule has 0 aromatic carbocycles. The van der Waals surface area contributed by atoms with Crippen LogP contribution in [-0.2, 0) is 14.6 Å². The summed E-state index contributed by atoms with van der Waals surface area (Å²) in [6, 6.07) is 0. The Balaban J connectivity index is 2.57. The summed E-state index contributed by atoms with van der Waals surface area (Å²) in [6.07, 6.45) is 8.66. The first-order valence-corrected chi connectivity index (χ1v) is 6.59. The number of hydrogen-bond donors (Lipinski definition) is 0. The molecule has 1 rings (SSSR count). The zero-order chi connectivity index (χ0) is 11.9. The van der Waals surface area contributed by atoms with Gasteiger partial charge in [-0.3, -0.25) is 4.89 Å². The van der Waals surface area contributed by atoms with Crippen molar-refractivity contribution in [3.63, 3.8) is 0 Å². The molecule has 1 aliphatic rings. The molecule has 3 heteroatoms. The topological polar surface area (TPSA) is 35.5 Å². The Labute approximate surface area is 98.4 Å². The summed E-state index contributed by atoms with van der Waals surface area (Å²) >= 11 is 0. The van der Waals surface area contributed by atoms with E-state index >= 15 is 0 Å². The maximum absolute atomic E-state index is 12.0. The highest BCUT2D eigenvalue weighted by Gasteiger charge is 2.40. The summed E-state index contributed by atoms with van der Waals surface area (Å²) in [5, 5.41) is 0. The summed E-state index contributed by atoms with van der Waals surface area (Å²) in [5.41, 5.74) is -0.247. The first-order chi connectivity index (χ1) is 7.75. The monoisotopic (exact) mass is 228 g/mol. The fraction of sp³-hybridized carbons (Fsp3) is 0.923. The van der Waals surface area contributed by atoms with E-state index in [-0.39, 0.29) is 11.4 Å². The van der Waals surface area contributed by atoms with Crippen LogP contribution < -0.4 is 0 Å². The van der Waals surface area contributed by atoms with Gasteiger partial charge in [-0.15, -0.1) is 0 Å². The Bertz CT molecular complexity index is 207. The molecule has 1 aliphatic carbocycles. The van der Waals surface area contributed by atoms with Crippen molar-refractivity contribution in [2.75, 3.05) is 6.61 Å². The second-order valence-electron chi connectivity index (χ2n) is 4.72. The van der Waals surface area contributed by atoms with Crippen LogP contribution in [0.15, 0.2) is 0 Å². The van der Waals surface area contributed by atoms with Gasteiger partial charge in [0.2, 0.25) is 0 Å². The molecule has 0 radical (unpaired) electrons. The third kappa shape index (κ3) is 3.48. The highest BCUT2D eigenvalue weighted by atomic mass is 17.2. The van der Waals surface area contributed by atoms with E-state index in [4.69, 9.17) is 9.78 Å². The lowest BCUT2D eigenvalue weighted by Gasteiger charge is -2.34. The molecule has 1 fully saturated rings. The highest BCUT2D eigenvalue weighted by Crippen LogP contribution is 2.41. The van der Waals surface area contributed by atoms with Gasteiger partial charge in [0, 0.05) is 0 Å². The molecule has 0 atom stereocenters. The van der Waals surface area contributed by atoms with Crippen LogP contribution in [0.25, 0.3) is 0 Å².